The molecule has 8 heteroatoms. The first kappa shape index (κ1) is 18.4. The fourth-order valence-corrected chi connectivity index (χ4v) is 2.42. The number of anilines is 3. The van der Waals surface area contributed by atoms with Gasteiger partial charge in [-0.15, -0.1) is 0 Å². The molecule has 3 aromatic rings. The van der Waals surface area contributed by atoms with E-state index < -0.39 is 17.6 Å². The first-order valence-electron chi connectivity index (χ1n) is 7.98. The number of carbonyl (C=O) groups excluding carboxylic acids is 1. The zero-order chi connectivity index (χ0) is 19.4. The zero-order valence-electron chi connectivity index (χ0n) is 14.2. The van der Waals surface area contributed by atoms with Crippen LogP contribution in [0.2, 0.25) is 0 Å². The summed E-state index contributed by atoms with van der Waals surface area (Å²) in [6.07, 6.45) is -4.53. The number of aromatic nitrogens is 2. The summed E-state index contributed by atoms with van der Waals surface area (Å²) in [6, 6.07) is 15.2. The molecular weight excluding hydrogens is 357 g/mol. The predicted octanol–water partition coefficient (Wildman–Crippen LogP) is 4.80. The summed E-state index contributed by atoms with van der Waals surface area (Å²) in [5, 5.41) is 5.23. The number of para-hydroxylation sites is 2. The number of benzene rings is 2. The third kappa shape index (κ3) is 4.60. The average molecular weight is 372 g/mol. The summed E-state index contributed by atoms with van der Waals surface area (Å²) in [7, 11) is 0. The summed E-state index contributed by atoms with van der Waals surface area (Å²) in [6.45, 7) is 1.63. The van der Waals surface area contributed by atoms with Gasteiger partial charge < -0.3 is 10.6 Å². The van der Waals surface area contributed by atoms with Crippen LogP contribution in [-0.2, 0) is 6.18 Å². The highest BCUT2D eigenvalue weighted by molar-refractivity contribution is 6.03. The minimum atomic E-state index is -4.53. The highest BCUT2D eigenvalue weighted by atomic mass is 19.4. The molecule has 0 saturated heterocycles. The molecule has 0 radical (unpaired) electrons. The van der Waals surface area contributed by atoms with Crippen molar-refractivity contribution in [2.45, 2.75) is 13.1 Å². The van der Waals surface area contributed by atoms with Gasteiger partial charge in [-0.1, -0.05) is 30.3 Å². The van der Waals surface area contributed by atoms with E-state index in [-0.39, 0.29) is 17.3 Å². The molecule has 0 spiro atoms. The van der Waals surface area contributed by atoms with Crippen molar-refractivity contribution >= 4 is 23.2 Å². The summed E-state index contributed by atoms with van der Waals surface area (Å²) < 4.78 is 39.4. The molecule has 1 amide bonds. The molecule has 0 saturated carbocycles. The molecule has 0 atom stereocenters. The van der Waals surface area contributed by atoms with Crippen molar-refractivity contribution in [2.24, 2.45) is 0 Å². The molecular formula is C19H15F3N4O. The quantitative estimate of drug-likeness (QED) is 0.690. The Bertz CT molecular complexity index is 959. The summed E-state index contributed by atoms with van der Waals surface area (Å²) >= 11 is 0. The summed E-state index contributed by atoms with van der Waals surface area (Å²) in [5.41, 5.74) is 0.0275. The molecule has 2 aromatic carbocycles. The van der Waals surface area contributed by atoms with Crippen LogP contribution in [0.4, 0.5) is 30.5 Å². The third-order valence-corrected chi connectivity index (χ3v) is 3.60. The second-order valence-electron chi connectivity index (χ2n) is 5.71. The van der Waals surface area contributed by atoms with E-state index in [0.29, 0.717) is 11.4 Å². The molecule has 1 aromatic heterocycles. The van der Waals surface area contributed by atoms with Gasteiger partial charge in [-0.25, -0.2) is 9.97 Å². The van der Waals surface area contributed by atoms with Crippen molar-refractivity contribution in [3.05, 3.63) is 77.6 Å². The van der Waals surface area contributed by atoms with E-state index in [1.165, 1.54) is 24.3 Å². The highest BCUT2D eigenvalue weighted by Crippen LogP contribution is 2.35. The number of nitrogens with zero attached hydrogens (tertiary/aromatic N) is 2. The molecule has 1 heterocycles. The average Bonchev–Trinajstić information content (AvgIpc) is 2.61. The second-order valence-corrected chi connectivity index (χ2v) is 5.71. The van der Waals surface area contributed by atoms with Crippen LogP contribution < -0.4 is 10.6 Å². The second kappa shape index (κ2) is 7.45. The largest absolute Gasteiger partial charge is 0.418 e. The van der Waals surface area contributed by atoms with E-state index in [1.807, 2.05) is 6.07 Å². The summed E-state index contributed by atoms with van der Waals surface area (Å²) in [5.74, 6) is -0.580. The predicted molar refractivity (Wildman–Crippen MR) is 95.9 cm³/mol. The van der Waals surface area contributed by atoms with Crippen LogP contribution in [0.15, 0.2) is 60.7 Å². The highest BCUT2D eigenvalue weighted by Gasteiger charge is 2.33. The number of amides is 1. The topological polar surface area (TPSA) is 66.9 Å². The van der Waals surface area contributed by atoms with Crippen LogP contribution in [0.3, 0.4) is 0 Å². The number of aryl methyl sites for hydroxylation is 1. The lowest BCUT2D eigenvalue weighted by Crippen LogP contribution is -2.16. The van der Waals surface area contributed by atoms with E-state index in [9.17, 15) is 18.0 Å². The Hall–Kier alpha value is -3.42. The van der Waals surface area contributed by atoms with E-state index in [4.69, 9.17) is 0 Å². The van der Waals surface area contributed by atoms with Gasteiger partial charge in [0.05, 0.1) is 11.3 Å². The van der Waals surface area contributed by atoms with Gasteiger partial charge in [0, 0.05) is 11.4 Å². The van der Waals surface area contributed by atoms with Crippen LogP contribution >= 0.6 is 0 Å². The Kier molecular flexibility index (Phi) is 5.07. The fraction of sp³-hybridized carbons (Fsp3) is 0.105. The third-order valence-electron chi connectivity index (χ3n) is 3.60. The van der Waals surface area contributed by atoms with Crippen molar-refractivity contribution in [1.82, 2.24) is 9.97 Å². The number of halogens is 3. The molecule has 0 fully saturated rings. The number of alkyl halides is 3. The lowest BCUT2D eigenvalue weighted by atomic mass is 10.1. The normalized spacial score (nSPS) is 11.1. The van der Waals surface area contributed by atoms with Crippen molar-refractivity contribution in [1.29, 1.82) is 0 Å². The lowest BCUT2D eigenvalue weighted by Gasteiger charge is -2.14. The van der Waals surface area contributed by atoms with E-state index in [0.717, 1.165) is 6.07 Å². The van der Waals surface area contributed by atoms with E-state index >= 15 is 0 Å². The first-order valence-corrected chi connectivity index (χ1v) is 7.98. The summed E-state index contributed by atoms with van der Waals surface area (Å²) in [4.78, 5) is 20.5. The Morgan fingerprint density at radius 1 is 0.963 bits per heavy atom. The molecule has 0 unspecified atom stereocenters. The molecule has 2 N–H and O–H groups in total. The van der Waals surface area contributed by atoms with Gasteiger partial charge in [0.2, 0.25) is 5.95 Å². The minimum Gasteiger partial charge on any atom is -0.324 e. The maximum Gasteiger partial charge on any atom is 0.418 e. The Morgan fingerprint density at radius 2 is 1.63 bits per heavy atom. The molecule has 0 aliphatic heterocycles. The number of hydrogen-bond acceptors (Lipinski definition) is 4. The first-order chi connectivity index (χ1) is 12.8. The van der Waals surface area contributed by atoms with Crippen LogP contribution in [0, 0.1) is 6.92 Å². The van der Waals surface area contributed by atoms with Crippen LogP contribution in [0.5, 0.6) is 0 Å². The maximum absolute atomic E-state index is 13.1. The number of rotatable bonds is 4. The smallest absolute Gasteiger partial charge is 0.324 e. The fourth-order valence-electron chi connectivity index (χ4n) is 2.42. The van der Waals surface area contributed by atoms with Gasteiger partial charge in [0.15, 0.2) is 0 Å². The van der Waals surface area contributed by atoms with Crippen LogP contribution in [-0.4, -0.2) is 15.9 Å². The van der Waals surface area contributed by atoms with Crippen molar-refractivity contribution < 1.29 is 18.0 Å². The van der Waals surface area contributed by atoms with Crippen LogP contribution in [0.25, 0.3) is 0 Å². The maximum atomic E-state index is 13.1. The van der Waals surface area contributed by atoms with Gasteiger partial charge in [0.25, 0.3) is 5.91 Å². The molecule has 138 valence electrons. The zero-order valence-corrected chi connectivity index (χ0v) is 14.2. The Labute approximate surface area is 153 Å². The van der Waals surface area contributed by atoms with Crippen molar-refractivity contribution in [3.63, 3.8) is 0 Å². The molecule has 5 nitrogen and oxygen atoms in total. The van der Waals surface area contributed by atoms with Crippen molar-refractivity contribution in [2.75, 3.05) is 10.6 Å². The lowest BCUT2D eigenvalue weighted by molar-refractivity contribution is -0.136. The van der Waals surface area contributed by atoms with E-state index in [1.54, 1.807) is 31.2 Å². The number of nitrogens with one attached hydrogen (secondary N) is 2. The Morgan fingerprint density at radius 3 is 2.33 bits per heavy atom. The Balaban J connectivity index is 1.87. The van der Waals surface area contributed by atoms with Gasteiger partial charge in [-0.05, 0) is 37.3 Å². The van der Waals surface area contributed by atoms with Gasteiger partial charge in [-0.2, -0.15) is 13.2 Å². The van der Waals surface area contributed by atoms with Gasteiger partial charge in [-0.3, -0.25) is 4.79 Å². The monoisotopic (exact) mass is 372 g/mol. The SMILES string of the molecule is Cc1cc(C(=O)Nc2ccccc2)nc(Nc2ccccc2C(F)(F)F)n1. The minimum absolute atomic E-state index is 0.0401. The molecule has 27 heavy (non-hydrogen) atoms. The molecule has 0 aliphatic rings. The number of carbonyl (C=O) groups is 1. The molecule has 0 bridgehead atoms. The molecule has 3 rings (SSSR count). The van der Waals surface area contributed by atoms with Crippen LogP contribution in [0.1, 0.15) is 21.7 Å². The van der Waals surface area contributed by atoms with E-state index in [2.05, 4.69) is 20.6 Å². The molecule has 0 aliphatic carbocycles. The van der Waals surface area contributed by atoms with Gasteiger partial charge >= 0.3 is 6.18 Å². The standard InChI is InChI=1S/C19H15F3N4O/c1-12-11-16(17(27)24-13-7-3-2-4-8-13)26-18(23-12)25-15-10-6-5-9-14(15)19(20,21)22/h2-11H,1H3,(H,24,27)(H,23,25,26). The van der Waals surface area contributed by atoms with Gasteiger partial charge in [0.1, 0.15) is 5.69 Å². The van der Waals surface area contributed by atoms with Crippen molar-refractivity contribution in [3.8, 4) is 0 Å². The number of hydrogen-bond donors (Lipinski definition) is 2.